The highest BCUT2D eigenvalue weighted by atomic mass is 79.9. The van der Waals surface area contributed by atoms with Crippen molar-refractivity contribution in [3.63, 3.8) is 0 Å². The maximum Gasteiger partial charge on any atom is 0.451 e. The number of piperazine rings is 2. The van der Waals surface area contributed by atoms with Crippen molar-refractivity contribution in [2.45, 2.75) is 88.9 Å². The summed E-state index contributed by atoms with van der Waals surface area (Å²) in [6.45, 7) is 2.71. The molecule has 0 unspecified atom stereocenters. The fourth-order valence-electron chi connectivity index (χ4n) is 10.4. The van der Waals surface area contributed by atoms with Crippen molar-refractivity contribution in [1.82, 2.24) is 29.7 Å². The second-order valence-corrected chi connectivity index (χ2v) is 27.4. The summed E-state index contributed by atoms with van der Waals surface area (Å²) in [6, 6.07) is 12.6. The van der Waals surface area contributed by atoms with E-state index in [-0.39, 0.29) is 103 Å². The summed E-state index contributed by atoms with van der Waals surface area (Å²) in [4.78, 5) is 74.5. The number of aryl methyl sites for hydroxylation is 2. The molecule has 2 amide bonds. The van der Waals surface area contributed by atoms with Crippen molar-refractivity contribution >= 4 is 97.1 Å². The molecule has 4 fully saturated rings. The van der Waals surface area contributed by atoms with E-state index in [9.17, 15) is 71.9 Å². The zero-order chi connectivity index (χ0) is 63.9. The van der Waals surface area contributed by atoms with Gasteiger partial charge in [-0.05, 0) is 86.8 Å². The number of hydrogen-bond donors (Lipinski definition) is 1. The van der Waals surface area contributed by atoms with E-state index in [0.717, 1.165) is 24.3 Å². The summed E-state index contributed by atoms with van der Waals surface area (Å²) in [5.41, 5.74) is -0.0881. The molecule has 0 spiro atoms. The Kier molecular flexibility index (Phi) is 25.9. The first-order chi connectivity index (χ1) is 40.9. The predicted molar refractivity (Wildman–Crippen MR) is 312 cm³/mol. The Morgan fingerprint density at radius 2 is 0.851 bits per heavy atom. The van der Waals surface area contributed by atoms with Gasteiger partial charge in [-0.25, -0.2) is 19.9 Å². The monoisotopic (exact) mass is 1440 g/mol. The third-order valence-electron chi connectivity index (χ3n) is 15.0. The van der Waals surface area contributed by atoms with Gasteiger partial charge in [-0.2, -0.15) is 52.7 Å². The molecule has 0 aliphatic carbocycles. The number of benzene rings is 2. The van der Waals surface area contributed by atoms with Gasteiger partial charge in [0.15, 0.2) is 0 Å². The maximum atomic E-state index is 13.8. The van der Waals surface area contributed by atoms with Crippen LogP contribution < -0.4 is 19.6 Å². The molecule has 32 heteroatoms. The number of amides is 2. The van der Waals surface area contributed by atoms with Gasteiger partial charge in [0.2, 0.25) is 23.5 Å². The van der Waals surface area contributed by atoms with Crippen molar-refractivity contribution in [3.8, 4) is 0 Å². The number of rotatable bonds is 17. The lowest BCUT2D eigenvalue weighted by Crippen LogP contribution is -2.50. The van der Waals surface area contributed by atoms with Gasteiger partial charge >= 0.3 is 27.9 Å². The molecule has 478 valence electrons. The Morgan fingerprint density at radius 3 is 1.16 bits per heavy atom. The van der Waals surface area contributed by atoms with Gasteiger partial charge in [-0.3, -0.25) is 19.2 Å². The number of methoxy groups -OCH3 is 1. The van der Waals surface area contributed by atoms with Crippen LogP contribution in [0, 0.1) is 11.8 Å². The number of aliphatic hydroxyl groups is 1. The highest BCUT2D eigenvalue weighted by Crippen LogP contribution is 2.36. The van der Waals surface area contributed by atoms with E-state index >= 15 is 0 Å². The molecule has 4 aliphatic rings. The highest BCUT2D eigenvalue weighted by Gasteiger charge is 2.40. The van der Waals surface area contributed by atoms with E-state index in [1.807, 2.05) is 0 Å². The molecule has 8 rings (SSSR count). The number of nitrogens with zero attached hydrogens (tertiary/aromatic N) is 10. The van der Waals surface area contributed by atoms with Crippen LogP contribution in [-0.4, -0.2) is 160 Å². The lowest BCUT2D eigenvalue weighted by atomic mass is 9.90. The van der Waals surface area contributed by atoms with Gasteiger partial charge in [0.05, 0.1) is 11.1 Å². The smallest absolute Gasteiger partial charge is 0.387 e. The number of carbonyl (C=O) groups is 4. The van der Waals surface area contributed by atoms with Crippen molar-refractivity contribution in [3.05, 3.63) is 94.6 Å². The molecule has 0 bridgehead atoms. The van der Waals surface area contributed by atoms with Gasteiger partial charge in [-0.15, -0.1) is 47.3 Å². The fraction of sp³-hybridized carbons (Fsp3) is 0.564. The standard InChI is InChI=1S/C28H33F6N5O3.C27H31F6N5O3.BBr3/c1-42-18-25(41)38-14-12-37(13-15-38)23-16-24(36-26(35-23)28(32,33)34)39-11-3-5-20(17-39)22(40)6-2-4-19-7-9-21(10-8-19)27(29,30)31;28-26(29,30)20-8-6-18(7-9-20)3-1-5-21(40)19-4-2-10-38(16-19)23-15-22(34-25(35-23)27(31,32)33)36-11-13-37(14-12-36)24(41)17-39;2-1(3)4/h7-10,16,20H,2-6,11-15,17-18H2,1H3;6-9,15,19,39H,1-5,10-14,16-17H2;/t20-;19-;/m11./s1. The molecular formula is C55H64BBr3F12N10O6. The quantitative estimate of drug-likeness (QED) is 0.0783. The van der Waals surface area contributed by atoms with Crippen molar-refractivity contribution in [2.75, 3.05) is 118 Å². The number of hydrogen-bond acceptors (Lipinski definition) is 14. The Balaban J connectivity index is 0.000000262. The number of Topliss-reactive ketones (excluding diaryl/α,β-unsaturated/α-hetero) is 2. The SMILES string of the molecule is BrB(Br)Br.COCC(=O)N1CCN(c2cc(N3CCC[C@@H](C(=O)CCCc4ccc(C(F)(F)F)cc4)C3)nc(C(F)(F)F)n2)CC1.O=C(CCCc1ccc(C(F)(F)F)cc1)[C@@H]1CCCN(c2cc(N3CCN(C(=O)CO)CC3)nc(C(F)(F)F)n2)C1. The Labute approximate surface area is 519 Å². The lowest BCUT2D eigenvalue weighted by molar-refractivity contribution is -0.145. The lowest BCUT2D eigenvalue weighted by Gasteiger charge is -2.37. The van der Waals surface area contributed by atoms with Crippen LogP contribution in [0.25, 0.3) is 0 Å². The van der Waals surface area contributed by atoms with Gasteiger partial charge in [0.25, 0.3) is 0 Å². The number of aromatic nitrogens is 4. The third-order valence-corrected chi connectivity index (χ3v) is 15.0. The van der Waals surface area contributed by atoms with E-state index in [2.05, 4.69) is 67.2 Å². The molecule has 1 N–H and O–H groups in total. The largest absolute Gasteiger partial charge is 0.451 e. The molecular weight excluding hydrogens is 1380 g/mol. The fourth-order valence-corrected chi connectivity index (χ4v) is 10.4. The molecule has 2 atom stereocenters. The summed E-state index contributed by atoms with van der Waals surface area (Å²) in [7, 11) is 1.41. The van der Waals surface area contributed by atoms with Crippen LogP contribution in [0.2, 0.25) is 0 Å². The topological polar surface area (TPSA) is 169 Å². The molecule has 0 radical (unpaired) electrons. The summed E-state index contributed by atoms with van der Waals surface area (Å²) >= 11 is 9.31. The number of ether oxygens (including phenoxy) is 1. The highest BCUT2D eigenvalue weighted by molar-refractivity contribution is 9.69. The van der Waals surface area contributed by atoms with Gasteiger partial charge in [0, 0.05) is 122 Å². The average Bonchev–Trinajstić information content (AvgIpc) is 1.14. The van der Waals surface area contributed by atoms with Crippen LogP contribution >= 0.6 is 47.3 Å². The second kappa shape index (κ2) is 31.9. The number of carbonyl (C=O) groups excluding carboxylic acids is 4. The summed E-state index contributed by atoms with van der Waals surface area (Å²) in [5, 5.41) is 9.06. The number of alkyl halides is 12. The van der Waals surface area contributed by atoms with Gasteiger partial charge in [-0.1, -0.05) is 24.3 Å². The third kappa shape index (κ3) is 21.7. The molecule has 6 heterocycles. The van der Waals surface area contributed by atoms with Crippen molar-refractivity contribution in [2.24, 2.45) is 11.8 Å². The Morgan fingerprint density at radius 1 is 0.517 bits per heavy atom. The molecule has 16 nitrogen and oxygen atoms in total. The number of ketones is 2. The summed E-state index contributed by atoms with van der Waals surface area (Å²) in [5.74, 6) is -3.74. The minimum atomic E-state index is -4.79. The van der Waals surface area contributed by atoms with Gasteiger partial charge < -0.3 is 39.2 Å². The van der Waals surface area contributed by atoms with Crippen LogP contribution in [0.15, 0.2) is 60.7 Å². The van der Waals surface area contributed by atoms with Crippen LogP contribution in [-0.2, 0) is 61.5 Å². The van der Waals surface area contributed by atoms with Crippen LogP contribution in [0.3, 0.4) is 0 Å². The molecule has 2 aromatic heterocycles. The van der Waals surface area contributed by atoms with E-state index in [1.54, 1.807) is 24.5 Å². The van der Waals surface area contributed by atoms with Crippen LogP contribution in [0.5, 0.6) is 0 Å². The van der Waals surface area contributed by atoms with E-state index in [0.29, 0.717) is 102 Å². The number of halogens is 15. The average molecular weight is 1440 g/mol. The molecule has 4 aliphatic heterocycles. The summed E-state index contributed by atoms with van der Waals surface area (Å²) < 4.78 is 164. The van der Waals surface area contributed by atoms with Crippen LogP contribution in [0.4, 0.5) is 76.0 Å². The summed E-state index contributed by atoms with van der Waals surface area (Å²) in [6.07, 6.45) is -13.8. The zero-order valence-electron chi connectivity index (χ0n) is 47.1. The number of piperidine rings is 2. The Hall–Kier alpha value is -5.34. The number of aliphatic hydroxyl groups excluding tert-OH is 1. The molecule has 2 aromatic carbocycles. The van der Waals surface area contributed by atoms with Crippen molar-refractivity contribution < 1.29 is 81.7 Å². The first-order valence-electron chi connectivity index (χ1n) is 27.8. The maximum absolute atomic E-state index is 13.8. The number of anilines is 4. The first kappa shape index (κ1) is 70.7. The molecule has 87 heavy (non-hydrogen) atoms. The first-order valence-corrected chi connectivity index (χ1v) is 30.6. The van der Waals surface area contributed by atoms with Gasteiger partial charge in [0.1, 0.15) is 48.1 Å². The van der Waals surface area contributed by atoms with E-state index in [4.69, 9.17) is 9.84 Å². The second-order valence-electron chi connectivity index (χ2n) is 21.0. The van der Waals surface area contributed by atoms with E-state index in [1.165, 1.54) is 48.4 Å². The minimum absolute atomic E-state index is 0.0335. The molecule has 4 aromatic rings. The normalized spacial score (nSPS) is 17.9. The molecule has 4 saturated heterocycles. The minimum Gasteiger partial charge on any atom is -0.387 e. The Bertz CT molecular complexity index is 2900. The van der Waals surface area contributed by atoms with Crippen LogP contribution in [0.1, 0.15) is 85.3 Å². The molecule has 0 saturated carbocycles. The van der Waals surface area contributed by atoms with E-state index < -0.39 is 71.8 Å². The zero-order valence-corrected chi connectivity index (χ0v) is 51.9. The predicted octanol–water partition coefficient (Wildman–Crippen LogP) is 10.7. The van der Waals surface area contributed by atoms with Crippen molar-refractivity contribution in [1.29, 1.82) is 0 Å².